The molecule has 20 heteroatoms. The Morgan fingerprint density at radius 1 is 0.824 bits per heavy atom. The second-order valence-electron chi connectivity index (χ2n) is 7.32. The van der Waals surface area contributed by atoms with Crippen LogP contribution in [0.25, 0.3) is 0 Å². The fourth-order valence-corrected chi connectivity index (χ4v) is 3.86. The highest BCUT2D eigenvalue weighted by Gasteiger charge is 2.51. The van der Waals surface area contributed by atoms with Crippen LogP contribution >= 0.6 is 0 Å². The van der Waals surface area contributed by atoms with Crippen molar-refractivity contribution in [2.75, 3.05) is 13.2 Å². The molecule has 10 atom stereocenters. The number of carbonyl (C=O) groups excluding carboxylic acids is 1. The lowest BCUT2D eigenvalue weighted by atomic mass is 9.95. The highest BCUT2D eigenvalue weighted by molar-refractivity contribution is 7.81. The molecule has 0 aliphatic carbocycles. The zero-order valence-corrected chi connectivity index (χ0v) is 18.9. The van der Waals surface area contributed by atoms with Gasteiger partial charge in [-0.3, -0.25) is 13.9 Å². The van der Waals surface area contributed by atoms with Gasteiger partial charge in [-0.15, -0.1) is 0 Å². The lowest BCUT2D eigenvalue weighted by Gasteiger charge is -2.46. The van der Waals surface area contributed by atoms with E-state index in [-0.39, 0.29) is 0 Å². The van der Waals surface area contributed by atoms with Crippen LogP contribution in [0, 0.1) is 0 Å². The maximum absolute atomic E-state index is 11.5. The molecule has 2 heterocycles. The molecular formula is C14H25NO17S2. The molecule has 8 N–H and O–H groups in total. The molecule has 0 bridgehead atoms. The number of aliphatic hydroxyl groups excluding tert-OH is 5. The number of amides is 1. The normalized spacial score (nSPS) is 39.5. The molecular weight excluding hydrogens is 518 g/mol. The van der Waals surface area contributed by atoms with E-state index >= 15 is 0 Å². The Morgan fingerprint density at radius 2 is 1.32 bits per heavy atom. The molecule has 0 saturated carbocycles. The van der Waals surface area contributed by atoms with Gasteiger partial charge in [0.1, 0.15) is 48.8 Å². The quantitative estimate of drug-likeness (QED) is 0.126. The third-order valence-corrected chi connectivity index (χ3v) is 5.65. The van der Waals surface area contributed by atoms with E-state index in [1.54, 1.807) is 0 Å². The van der Waals surface area contributed by atoms with E-state index in [1.807, 2.05) is 0 Å². The number of nitrogens with one attached hydrogen (secondary N) is 1. The number of rotatable bonds is 9. The van der Waals surface area contributed by atoms with Crippen LogP contribution in [0.5, 0.6) is 0 Å². The Morgan fingerprint density at radius 3 is 1.79 bits per heavy atom. The fraction of sp³-hybridized carbons (Fsp3) is 0.929. The number of hydrogen-bond acceptors (Lipinski definition) is 15. The van der Waals surface area contributed by atoms with Gasteiger partial charge in [-0.05, 0) is 0 Å². The van der Waals surface area contributed by atoms with Crippen LogP contribution in [0.15, 0.2) is 0 Å². The van der Waals surface area contributed by atoms with Crippen molar-refractivity contribution in [3.05, 3.63) is 0 Å². The topological polar surface area (TPSA) is 285 Å². The number of hydrogen-bond donors (Lipinski definition) is 8. The molecule has 18 nitrogen and oxygen atoms in total. The summed E-state index contributed by atoms with van der Waals surface area (Å²) in [6.45, 7) is -1.04. The summed E-state index contributed by atoms with van der Waals surface area (Å²) in [7, 11) is -9.96. The maximum Gasteiger partial charge on any atom is 0.397 e. The molecule has 2 rings (SSSR count). The van der Waals surface area contributed by atoms with Gasteiger partial charge in [-0.2, -0.15) is 16.8 Å². The molecule has 1 unspecified atom stereocenters. The second-order valence-corrected chi connectivity index (χ2v) is 9.50. The van der Waals surface area contributed by atoms with E-state index in [0.29, 0.717) is 0 Å². The first-order valence-electron chi connectivity index (χ1n) is 9.37. The van der Waals surface area contributed by atoms with Crippen LogP contribution in [0.4, 0.5) is 0 Å². The van der Waals surface area contributed by atoms with Crippen LogP contribution in [-0.4, -0.2) is 132 Å². The molecule has 2 fully saturated rings. The monoisotopic (exact) mass is 543 g/mol. The van der Waals surface area contributed by atoms with E-state index in [2.05, 4.69) is 13.7 Å². The average molecular weight is 543 g/mol. The van der Waals surface area contributed by atoms with E-state index < -0.39 is 101 Å². The van der Waals surface area contributed by atoms with Gasteiger partial charge in [0.2, 0.25) is 5.91 Å². The average Bonchev–Trinajstić information content (AvgIpc) is 2.69. The van der Waals surface area contributed by atoms with Gasteiger partial charge in [0.25, 0.3) is 0 Å². The second kappa shape index (κ2) is 11.3. The van der Waals surface area contributed by atoms with Crippen molar-refractivity contribution in [3.63, 3.8) is 0 Å². The van der Waals surface area contributed by atoms with Crippen LogP contribution in [0.2, 0.25) is 0 Å². The Hall–Kier alpha value is -1.11. The molecule has 0 aromatic carbocycles. The van der Waals surface area contributed by atoms with Crippen LogP contribution in [0.3, 0.4) is 0 Å². The van der Waals surface area contributed by atoms with Crippen molar-refractivity contribution in [3.8, 4) is 0 Å². The standard InChI is InChI=1S/C14H25NO17S2/c1-4(16)15-7-12(9(18)6(30-13(7)21)3-29-34(25,26)27)32-14-11(20)10(19)8(17)5(31-14)2-28-33(22,23)24/h5-14,17-21H,2-3H2,1H3,(H,15,16)(H,22,23,24)(H,25,26,27)/t5-,6-,7-,8+,9+,10+,11-,12-,13?,14+/m1/s1. The van der Waals surface area contributed by atoms with Crippen LogP contribution in [0.1, 0.15) is 6.92 Å². The molecule has 1 amide bonds. The van der Waals surface area contributed by atoms with Gasteiger partial charge < -0.3 is 45.1 Å². The Bertz CT molecular complexity index is 911. The van der Waals surface area contributed by atoms with Gasteiger partial charge in [0, 0.05) is 6.92 Å². The van der Waals surface area contributed by atoms with Gasteiger partial charge in [-0.1, -0.05) is 0 Å². The first-order valence-corrected chi connectivity index (χ1v) is 12.1. The fourth-order valence-electron chi connectivity index (χ4n) is 3.25. The van der Waals surface area contributed by atoms with E-state index in [1.165, 1.54) is 0 Å². The highest BCUT2D eigenvalue weighted by Crippen LogP contribution is 2.29. The van der Waals surface area contributed by atoms with Crippen molar-refractivity contribution in [2.45, 2.75) is 68.3 Å². The van der Waals surface area contributed by atoms with Crippen molar-refractivity contribution < 1.29 is 78.8 Å². The number of aliphatic hydroxyl groups is 5. The summed E-state index contributed by atoms with van der Waals surface area (Å²) in [6, 6.07) is -1.57. The zero-order valence-electron chi connectivity index (χ0n) is 17.2. The van der Waals surface area contributed by atoms with Crippen LogP contribution < -0.4 is 5.32 Å². The SMILES string of the molecule is CC(=O)N[C@H]1C(O)O[C@H](COS(=O)(=O)O)[C@H](O)[C@@H]1O[C@@H]1O[C@H](COS(=O)(=O)O)[C@H](O)[C@H](O)[C@H]1O. The molecule has 0 aromatic rings. The molecule has 2 aliphatic heterocycles. The summed E-state index contributed by atoms with van der Waals surface area (Å²) in [6.07, 6.45) is -17.0. The van der Waals surface area contributed by atoms with Gasteiger partial charge in [0.05, 0.1) is 13.2 Å². The Kier molecular flexibility index (Phi) is 9.68. The maximum atomic E-state index is 11.5. The minimum atomic E-state index is -4.98. The largest absolute Gasteiger partial charge is 0.397 e. The van der Waals surface area contributed by atoms with E-state index in [0.717, 1.165) is 6.92 Å². The molecule has 0 radical (unpaired) electrons. The number of ether oxygens (including phenoxy) is 3. The predicted molar refractivity (Wildman–Crippen MR) is 101 cm³/mol. The minimum Gasteiger partial charge on any atom is -0.388 e. The first-order chi connectivity index (χ1) is 15.5. The lowest BCUT2D eigenvalue weighted by Crippen LogP contribution is -2.67. The van der Waals surface area contributed by atoms with Gasteiger partial charge in [0.15, 0.2) is 12.6 Å². The summed E-state index contributed by atoms with van der Waals surface area (Å²) >= 11 is 0. The summed E-state index contributed by atoms with van der Waals surface area (Å²) in [5.74, 6) is -0.749. The smallest absolute Gasteiger partial charge is 0.388 e. The third kappa shape index (κ3) is 7.96. The van der Waals surface area contributed by atoms with Crippen molar-refractivity contribution in [1.29, 1.82) is 0 Å². The molecule has 200 valence electrons. The molecule has 0 aromatic heterocycles. The molecule has 2 saturated heterocycles. The van der Waals surface area contributed by atoms with Crippen LogP contribution in [-0.2, 0) is 48.2 Å². The highest BCUT2D eigenvalue weighted by atomic mass is 32.3. The molecule has 0 spiro atoms. The van der Waals surface area contributed by atoms with E-state index in [9.17, 15) is 47.2 Å². The number of carbonyl (C=O) groups is 1. The predicted octanol–water partition coefficient (Wildman–Crippen LogP) is -5.60. The summed E-state index contributed by atoms with van der Waals surface area (Å²) in [5.41, 5.74) is 0. The summed E-state index contributed by atoms with van der Waals surface area (Å²) < 4.78 is 84.4. The Balaban J connectivity index is 2.26. The third-order valence-electron chi connectivity index (χ3n) is 4.79. The summed E-state index contributed by atoms with van der Waals surface area (Å²) in [4.78, 5) is 11.5. The van der Waals surface area contributed by atoms with E-state index in [4.69, 9.17) is 23.3 Å². The lowest BCUT2D eigenvalue weighted by molar-refractivity contribution is -0.340. The van der Waals surface area contributed by atoms with Gasteiger partial charge in [-0.25, -0.2) is 8.37 Å². The zero-order chi connectivity index (χ0) is 26.0. The van der Waals surface area contributed by atoms with Crippen molar-refractivity contribution in [1.82, 2.24) is 5.32 Å². The minimum absolute atomic E-state index is 0.749. The summed E-state index contributed by atoms with van der Waals surface area (Å²) in [5, 5.41) is 53.2. The molecule has 34 heavy (non-hydrogen) atoms. The first kappa shape index (κ1) is 29.1. The van der Waals surface area contributed by atoms with Gasteiger partial charge >= 0.3 is 20.8 Å². The van der Waals surface area contributed by atoms with Crippen molar-refractivity contribution in [2.24, 2.45) is 0 Å². The molecule has 2 aliphatic rings. The Labute approximate surface area is 192 Å². The van der Waals surface area contributed by atoms with Crippen molar-refractivity contribution >= 4 is 26.7 Å².